The van der Waals surface area contributed by atoms with Crippen molar-refractivity contribution in [2.75, 3.05) is 0 Å². The Hall–Kier alpha value is -7.40. The van der Waals surface area contributed by atoms with E-state index in [-0.39, 0.29) is 0 Å². The lowest BCUT2D eigenvalue weighted by molar-refractivity contribution is 0.476. The predicted molar refractivity (Wildman–Crippen MR) is 244 cm³/mol. The molecule has 0 N–H and O–H groups in total. The monoisotopic (exact) mass is 756 g/mol. The first kappa shape index (κ1) is 32.8. The minimum Gasteiger partial charge on any atom is -0.453 e. The lowest BCUT2D eigenvalue weighted by atomic mass is 10.0. The molecule has 9 aromatic carbocycles. The molecule has 0 saturated carbocycles. The van der Waals surface area contributed by atoms with Crippen LogP contribution in [0.15, 0.2) is 218 Å². The quantitative estimate of drug-likeness (QED) is 0.122. The average Bonchev–Trinajstić information content (AvgIpc) is 3.82. The van der Waals surface area contributed by atoms with Crippen molar-refractivity contribution < 1.29 is 4.74 Å². The molecule has 2 aromatic heterocycles. The van der Waals surface area contributed by atoms with Gasteiger partial charge in [-0.15, -0.1) is 0 Å². The van der Waals surface area contributed by atoms with Gasteiger partial charge in [0, 0.05) is 27.2 Å². The standard InChI is InChI=1S/C54H36N2OSi/c1-4-15-40(16-5-1)58(41-17-6-2-7-18-41,42-19-8-3-9-20-42)43-32-34-50-47(36-43)45-22-11-12-24-48(45)55(50)39-30-27-37(28-31-39)38-29-33-51-53(35-38)57-52-26-14-23-46-44-21-10-13-25-49(44)56(51)54(46)52/h1-36H. The number of fused-ring (bicyclic) bond motifs is 8. The molecule has 0 unspecified atom stereocenters. The van der Waals surface area contributed by atoms with Crippen molar-refractivity contribution in [1.82, 2.24) is 9.13 Å². The van der Waals surface area contributed by atoms with Gasteiger partial charge in [-0.1, -0.05) is 170 Å². The molecule has 0 radical (unpaired) electrons. The third kappa shape index (κ3) is 4.73. The van der Waals surface area contributed by atoms with Gasteiger partial charge in [0.1, 0.15) is 0 Å². The van der Waals surface area contributed by atoms with Crippen molar-refractivity contribution in [2.24, 2.45) is 0 Å². The number of ether oxygens (including phenoxy) is 1. The fourth-order valence-corrected chi connectivity index (χ4v) is 14.5. The molecule has 11 aromatic rings. The number of hydrogen-bond donors (Lipinski definition) is 0. The summed E-state index contributed by atoms with van der Waals surface area (Å²) in [7, 11) is -2.69. The Morgan fingerprint density at radius 2 is 0.862 bits per heavy atom. The predicted octanol–water partition coefficient (Wildman–Crippen LogP) is 11.0. The van der Waals surface area contributed by atoms with E-state index in [2.05, 4.69) is 228 Å². The smallest absolute Gasteiger partial charge is 0.179 e. The number of nitrogens with zero attached hydrogens (tertiary/aromatic N) is 2. The first-order valence-electron chi connectivity index (χ1n) is 19.9. The molecule has 58 heavy (non-hydrogen) atoms. The van der Waals surface area contributed by atoms with Crippen LogP contribution in [-0.4, -0.2) is 17.2 Å². The van der Waals surface area contributed by atoms with E-state index in [1.54, 1.807) is 0 Å². The fraction of sp³-hybridized carbons (Fsp3) is 0. The zero-order valence-electron chi connectivity index (χ0n) is 31.6. The molecule has 0 bridgehead atoms. The molecule has 12 rings (SSSR count). The zero-order valence-corrected chi connectivity index (χ0v) is 32.6. The normalized spacial score (nSPS) is 12.3. The van der Waals surface area contributed by atoms with Crippen LogP contribution in [0.3, 0.4) is 0 Å². The van der Waals surface area contributed by atoms with Crippen molar-refractivity contribution in [2.45, 2.75) is 0 Å². The Balaban J connectivity index is 0.987. The Morgan fingerprint density at radius 1 is 0.328 bits per heavy atom. The minimum atomic E-state index is -2.69. The maximum atomic E-state index is 6.62. The van der Waals surface area contributed by atoms with Gasteiger partial charge in [0.05, 0.1) is 27.8 Å². The van der Waals surface area contributed by atoms with Crippen LogP contribution in [-0.2, 0) is 0 Å². The van der Waals surface area contributed by atoms with Crippen LogP contribution in [0.1, 0.15) is 0 Å². The molecule has 3 heterocycles. The molecular weight excluding hydrogens is 721 g/mol. The number of benzene rings is 9. The highest BCUT2D eigenvalue weighted by Crippen LogP contribution is 2.46. The lowest BCUT2D eigenvalue weighted by Gasteiger charge is -2.34. The summed E-state index contributed by atoms with van der Waals surface area (Å²) in [4.78, 5) is 0. The van der Waals surface area contributed by atoms with Crippen LogP contribution >= 0.6 is 0 Å². The molecule has 0 fully saturated rings. The number of hydrogen-bond acceptors (Lipinski definition) is 1. The molecule has 1 aliphatic heterocycles. The third-order valence-corrected chi connectivity index (χ3v) is 17.0. The van der Waals surface area contributed by atoms with Gasteiger partial charge in [0.15, 0.2) is 19.6 Å². The molecule has 0 atom stereocenters. The van der Waals surface area contributed by atoms with E-state index in [0.29, 0.717) is 0 Å². The SMILES string of the molecule is c1ccc([Si](c2ccccc2)(c2ccccc2)c2ccc3c(c2)c2ccccc2n3-c2ccc(-c3ccc4c(c3)Oc3cccc5c6ccccc6n-4c35)cc2)cc1. The topological polar surface area (TPSA) is 19.1 Å². The number of rotatable bonds is 6. The van der Waals surface area contributed by atoms with Crippen molar-refractivity contribution in [3.63, 3.8) is 0 Å². The number of aromatic nitrogens is 2. The van der Waals surface area contributed by atoms with Gasteiger partial charge in [0.2, 0.25) is 0 Å². The maximum absolute atomic E-state index is 6.62. The Morgan fingerprint density at radius 3 is 1.52 bits per heavy atom. The van der Waals surface area contributed by atoms with Crippen molar-refractivity contribution in [1.29, 1.82) is 0 Å². The summed E-state index contributed by atoms with van der Waals surface area (Å²) in [6.45, 7) is 0. The minimum absolute atomic E-state index is 0.863. The maximum Gasteiger partial charge on any atom is 0.179 e. The van der Waals surface area contributed by atoms with E-state index < -0.39 is 8.07 Å². The first-order valence-corrected chi connectivity index (χ1v) is 21.9. The molecule has 0 amide bonds. The van der Waals surface area contributed by atoms with Crippen LogP contribution < -0.4 is 25.5 Å². The summed E-state index contributed by atoms with van der Waals surface area (Å²) in [5.74, 6) is 1.75. The molecule has 272 valence electrons. The van der Waals surface area contributed by atoms with Crippen LogP contribution in [0.2, 0.25) is 0 Å². The van der Waals surface area contributed by atoms with E-state index in [9.17, 15) is 0 Å². The van der Waals surface area contributed by atoms with Gasteiger partial charge in [-0.2, -0.15) is 0 Å². The summed E-state index contributed by atoms with van der Waals surface area (Å²) < 4.78 is 11.4. The summed E-state index contributed by atoms with van der Waals surface area (Å²) in [5.41, 5.74) is 9.16. The van der Waals surface area contributed by atoms with Crippen molar-refractivity contribution >= 4 is 72.4 Å². The van der Waals surface area contributed by atoms with Crippen molar-refractivity contribution in [3.05, 3.63) is 218 Å². The van der Waals surface area contributed by atoms with Gasteiger partial charge in [0.25, 0.3) is 0 Å². The average molecular weight is 757 g/mol. The largest absolute Gasteiger partial charge is 0.453 e. The molecule has 0 saturated heterocycles. The Labute approximate surface area is 337 Å². The van der Waals surface area contributed by atoms with Gasteiger partial charge in [-0.25, -0.2) is 0 Å². The van der Waals surface area contributed by atoms with E-state index >= 15 is 0 Å². The van der Waals surface area contributed by atoms with E-state index in [1.807, 2.05) is 0 Å². The van der Waals surface area contributed by atoms with Gasteiger partial charge >= 0.3 is 0 Å². The molecule has 4 heteroatoms. The second-order valence-electron chi connectivity index (χ2n) is 15.3. The number of para-hydroxylation sites is 3. The Kier molecular flexibility index (Phi) is 7.25. The summed E-state index contributed by atoms with van der Waals surface area (Å²) in [5, 5.41) is 10.4. The highest BCUT2D eigenvalue weighted by Gasteiger charge is 2.41. The van der Waals surface area contributed by atoms with Gasteiger partial charge < -0.3 is 13.9 Å². The van der Waals surface area contributed by atoms with Crippen LogP contribution in [0.25, 0.3) is 66.1 Å². The van der Waals surface area contributed by atoms with E-state index in [4.69, 9.17) is 4.74 Å². The molecule has 3 nitrogen and oxygen atoms in total. The second kappa shape index (κ2) is 12.8. The molecule has 0 aliphatic carbocycles. The van der Waals surface area contributed by atoms with E-state index in [1.165, 1.54) is 58.8 Å². The lowest BCUT2D eigenvalue weighted by Crippen LogP contribution is -2.74. The van der Waals surface area contributed by atoms with Gasteiger partial charge in [-0.05, 0) is 80.4 Å². The van der Waals surface area contributed by atoms with Gasteiger partial charge in [-0.3, -0.25) is 0 Å². The first-order chi connectivity index (χ1) is 28.8. The second-order valence-corrected chi connectivity index (χ2v) is 19.1. The van der Waals surface area contributed by atoms with Crippen LogP contribution in [0.5, 0.6) is 11.5 Å². The molecule has 0 spiro atoms. The summed E-state index contributed by atoms with van der Waals surface area (Å²) in [6.07, 6.45) is 0. The van der Waals surface area contributed by atoms with Crippen LogP contribution in [0, 0.1) is 0 Å². The van der Waals surface area contributed by atoms with E-state index in [0.717, 1.165) is 39.5 Å². The molecular formula is C54H36N2OSi. The highest BCUT2D eigenvalue weighted by atomic mass is 28.3. The summed E-state index contributed by atoms with van der Waals surface area (Å²) >= 11 is 0. The summed E-state index contributed by atoms with van der Waals surface area (Å²) in [6, 6.07) is 80.1. The fourth-order valence-electron chi connectivity index (χ4n) is 9.75. The third-order valence-electron chi connectivity index (χ3n) is 12.3. The van der Waals surface area contributed by atoms with Crippen LogP contribution in [0.4, 0.5) is 0 Å². The molecule has 1 aliphatic rings. The Bertz CT molecular complexity index is 3250. The zero-order chi connectivity index (χ0) is 38.2. The highest BCUT2D eigenvalue weighted by molar-refractivity contribution is 7.20. The van der Waals surface area contributed by atoms with Crippen molar-refractivity contribution in [3.8, 4) is 34.0 Å².